The fraction of sp³-hybridized carbons (Fsp3) is 0.345. The normalized spacial score (nSPS) is 18.5. The molecule has 1 N–H and O–H groups in total. The second-order valence-corrected chi connectivity index (χ2v) is 9.53. The van der Waals surface area contributed by atoms with Crippen LogP contribution in [0.2, 0.25) is 0 Å². The van der Waals surface area contributed by atoms with Gasteiger partial charge in [-0.25, -0.2) is 4.39 Å². The summed E-state index contributed by atoms with van der Waals surface area (Å²) in [7, 11) is 0. The number of likely N-dealkylation sites (tertiary alicyclic amines) is 1. The van der Waals surface area contributed by atoms with E-state index in [-0.39, 0.29) is 18.3 Å². The van der Waals surface area contributed by atoms with Gasteiger partial charge in [0.25, 0.3) is 5.91 Å². The number of rotatable bonds is 5. The van der Waals surface area contributed by atoms with Gasteiger partial charge in [0.2, 0.25) is 0 Å². The van der Waals surface area contributed by atoms with Gasteiger partial charge >= 0.3 is 0 Å². The largest absolute Gasteiger partial charge is 0.491 e. The summed E-state index contributed by atoms with van der Waals surface area (Å²) in [5.74, 6) is 0.859. The van der Waals surface area contributed by atoms with Crippen LogP contribution in [0.1, 0.15) is 34.3 Å². The summed E-state index contributed by atoms with van der Waals surface area (Å²) in [5, 5.41) is 9.54. The van der Waals surface area contributed by atoms with E-state index in [0.717, 1.165) is 54.9 Å². The number of benzene rings is 3. The number of aliphatic hydroxyl groups is 1. The lowest BCUT2D eigenvalue weighted by molar-refractivity contribution is 0.0733. The van der Waals surface area contributed by atoms with E-state index in [0.29, 0.717) is 31.2 Å². The van der Waals surface area contributed by atoms with Gasteiger partial charge < -0.3 is 14.7 Å². The quantitative estimate of drug-likeness (QED) is 0.581. The number of fused-ring (bicyclic) bond motifs is 1. The second-order valence-electron chi connectivity index (χ2n) is 9.53. The van der Waals surface area contributed by atoms with Gasteiger partial charge in [-0.05, 0) is 78.4 Å². The summed E-state index contributed by atoms with van der Waals surface area (Å²) in [6, 6.07) is 20.1. The van der Waals surface area contributed by atoms with Crippen molar-refractivity contribution in [2.45, 2.75) is 25.9 Å². The van der Waals surface area contributed by atoms with Crippen LogP contribution in [0.15, 0.2) is 66.7 Å². The standard InChI is InChI=1S/C29H31FN2O3/c30-27-9-7-23(8-10-27)24-4-1-5-25(16-24)29(34)32-13-14-35-28-11-6-21(15-26(28)19-32)17-31-12-2-3-22(18-31)20-33/h1,4-11,15-16,22,33H,2-3,12-14,17-20H2/t22-/m1/s1. The van der Waals surface area contributed by atoms with Crippen molar-refractivity contribution in [3.8, 4) is 16.9 Å². The van der Waals surface area contributed by atoms with Crippen LogP contribution in [0.4, 0.5) is 4.39 Å². The zero-order chi connectivity index (χ0) is 24.2. The number of amides is 1. The van der Waals surface area contributed by atoms with E-state index in [1.54, 1.807) is 12.1 Å². The fourth-order valence-corrected chi connectivity index (χ4v) is 5.08. The monoisotopic (exact) mass is 474 g/mol. The van der Waals surface area contributed by atoms with Gasteiger partial charge in [0.05, 0.1) is 6.54 Å². The first-order valence-electron chi connectivity index (χ1n) is 12.3. The number of hydrogen-bond acceptors (Lipinski definition) is 4. The molecule has 0 aliphatic carbocycles. The summed E-state index contributed by atoms with van der Waals surface area (Å²) in [6.07, 6.45) is 2.20. The Balaban J connectivity index is 1.32. The maximum Gasteiger partial charge on any atom is 0.254 e. The van der Waals surface area contributed by atoms with Gasteiger partial charge in [-0.3, -0.25) is 9.69 Å². The van der Waals surface area contributed by atoms with Crippen molar-refractivity contribution in [2.24, 2.45) is 5.92 Å². The number of aliphatic hydroxyl groups excluding tert-OH is 1. The molecular formula is C29H31FN2O3. The highest BCUT2D eigenvalue weighted by molar-refractivity contribution is 5.95. The smallest absolute Gasteiger partial charge is 0.254 e. The van der Waals surface area contributed by atoms with Crippen molar-refractivity contribution in [1.82, 2.24) is 9.80 Å². The molecule has 3 aromatic carbocycles. The van der Waals surface area contributed by atoms with Crippen molar-refractivity contribution in [1.29, 1.82) is 0 Å². The van der Waals surface area contributed by atoms with Gasteiger partial charge in [0.1, 0.15) is 18.2 Å². The van der Waals surface area contributed by atoms with E-state index in [9.17, 15) is 14.3 Å². The summed E-state index contributed by atoms with van der Waals surface area (Å²) in [4.78, 5) is 17.7. The molecule has 0 bridgehead atoms. The Hall–Kier alpha value is -3.22. The molecule has 0 saturated carbocycles. The van der Waals surface area contributed by atoms with Crippen LogP contribution in [0.5, 0.6) is 5.75 Å². The predicted octanol–water partition coefficient (Wildman–Crippen LogP) is 4.73. The lowest BCUT2D eigenvalue weighted by atomic mass is 9.98. The fourth-order valence-electron chi connectivity index (χ4n) is 5.08. The Morgan fingerprint density at radius 3 is 2.71 bits per heavy atom. The molecule has 0 unspecified atom stereocenters. The van der Waals surface area contributed by atoms with Crippen molar-refractivity contribution < 1.29 is 19.0 Å². The molecule has 2 aliphatic rings. The Labute approximate surface area is 205 Å². The summed E-state index contributed by atoms with van der Waals surface area (Å²) >= 11 is 0. The molecule has 0 radical (unpaired) electrons. The summed E-state index contributed by atoms with van der Waals surface area (Å²) < 4.78 is 19.3. The third kappa shape index (κ3) is 5.55. The highest BCUT2D eigenvalue weighted by atomic mass is 19.1. The Kier molecular flexibility index (Phi) is 7.11. The first kappa shape index (κ1) is 23.5. The van der Waals surface area contributed by atoms with Gasteiger partial charge in [0, 0.05) is 37.4 Å². The molecule has 2 heterocycles. The first-order valence-corrected chi connectivity index (χ1v) is 12.3. The van der Waals surface area contributed by atoms with Crippen LogP contribution < -0.4 is 4.74 Å². The zero-order valence-corrected chi connectivity index (χ0v) is 19.8. The number of hydrogen-bond donors (Lipinski definition) is 1. The number of carbonyl (C=O) groups is 1. The highest BCUT2D eigenvalue weighted by Crippen LogP contribution is 2.28. The maximum absolute atomic E-state index is 13.4. The van der Waals surface area contributed by atoms with Crippen LogP contribution in [0.3, 0.4) is 0 Å². The van der Waals surface area contributed by atoms with Crippen molar-refractivity contribution in [3.05, 3.63) is 89.2 Å². The van der Waals surface area contributed by atoms with E-state index < -0.39 is 0 Å². The highest BCUT2D eigenvalue weighted by Gasteiger charge is 2.23. The molecule has 5 nitrogen and oxygen atoms in total. The molecule has 1 amide bonds. The number of nitrogens with zero attached hydrogens (tertiary/aromatic N) is 2. The molecule has 0 aromatic heterocycles. The van der Waals surface area contributed by atoms with E-state index in [1.165, 1.54) is 17.7 Å². The van der Waals surface area contributed by atoms with E-state index in [1.807, 2.05) is 35.2 Å². The molecule has 1 saturated heterocycles. The van der Waals surface area contributed by atoms with Crippen molar-refractivity contribution >= 4 is 5.91 Å². The van der Waals surface area contributed by atoms with E-state index in [2.05, 4.69) is 17.0 Å². The van der Waals surface area contributed by atoms with Crippen molar-refractivity contribution in [3.63, 3.8) is 0 Å². The molecule has 6 heteroatoms. The lowest BCUT2D eigenvalue weighted by Gasteiger charge is -2.32. The molecule has 182 valence electrons. The van der Waals surface area contributed by atoms with Crippen LogP contribution in [-0.2, 0) is 13.1 Å². The predicted molar refractivity (Wildman–Crippen MR) is 134 cm³/mol. The van der Waals surface area contributed by atoms with Crippen LogP contribution in [0, 0.1) is 11.7 Å². The Bertz CT molecular complexity index is 1180. The number of piperidine rings is 1. The van der Waals surface area contributed by atoms with Gasteiger partial charge in [-0.2, -0.15) is 0 Å². The minimum absolute atomic E-state index is 0.0439. The second kappa shape index (κ2) is 10.6. The van der Waals surface area contributed by atoms with Crippen LogP contribution in [0.25, 0.3) is 11.1 Å². The van der Waals surface area contributed by atoms with Crippen LogP contribution in [-0.4, -0.2) is 53.7 Å². The first-order chi connectivity index (χ1) is 17.1. The lowest BCUT2D eigenvalue weighted by Crippen LogP contribution is -2.36. The average Bonchev–Trinajstić information content (AvgIpc) is 3.11. The zero-order valence-electron chi connectivity index (χ0n) is 19.8. The summed E-state index contributed by atoms with van der Waals surface area (Å²) in [5.41, 5.74) is 4.57. The van der Waals surface area contributed by atoms with E-state index in [4.69, 9.17) is 4.74 Å². The molecule has 1 atom stereocenters. The molecule has 3 aromatic rings. The molecule has 0 spiro atoms. The third-order valence-corrected chi connectivity index (χ3v) is 6.95. The SMILES string of the molecule is O=C(c1cccc(-c2ccc(F)cc2)c1)N1CCOc2ccc(CN3CCC[C@@H](CO)C3)cc2C1. The topological polar surface area (TPSA) is 53.0 Å². The number of ether oxygens (including phenoxy) is 1. The molecule has 2 aliphatic heterocycles. The maximum atomic E-state index is 13.4. The molecule has 5 rings (SSSR count). The number of halogens is 1. The van der Waals surface area contributed by atoms with E-state index >= 15 is 0 Å². The van der Waals surface area contributed by atoms with Gasteiger partial charge in [-0.15, -0.1) is 0 Å². The number of carbonyl (C=O) groups excluding carboxylic acids is 1. The minimum atomic E-state index is -0.280. The van der Waals surface area contributed by atoms with Gasteiger partial charge in [-0.1, -0.05) is 30.3 Å². The Morgan fingerprint density at radius 2 is 1.89 bits per heavy atom. The minimum Gasteiger partial charge on any atom is -0.491 e. The Morgan fingerprint density at radius 1 is 1.03 bits per heavy atom. The molecule has 1 fully saturated rings. The molecular weight excluding hydrogens is 443 g/mol. The summed E-state index contributed by atoms with van der Waals surface area (Å²) in [6.45, 7) is 4.47. The van der Waals surface area contributed by atoms with Crippen molar-refractivity contribution in [2.75, 3.05) is 32.8 Å². The van der Waals surface area contributed by atoms with Gasteiger partial charge in [0.15, 0.2) is 0 Å². The molecule has 35 heavy (non-hydrogen) atoms. The third-order valence-electron chi connectivity index (χ3n) is 6.95. The average molecular weight is 475 g/mol. The van der Waals surface area contributed by atoms with Crippen LogP contribution >= 0.6 is 0 Å².